The number of amides is 1. The number of rotatable bonds is 5. The first-order valence-electron chi connectivity index (χ1n) is 8.22. The highest BCUT2D eigenvalue weighted by Gasteiger charge is 2.21. The molecule has 0 radical (unpaired) electrons. The monoisotopic (exact) mass is 344 g/mol. The van der Waals surface area contributed by atoms with Gasteiger partial charge in [0, 0.05) is 12.2 Å². The second kappa shape index (κ2) is 8.09. The Morgan fingerprint density at radius 1 is 1.36 bits per heavy atom. The number of benzene rings is 2. The van der Waals surface area contributed by atoms with Gasteiger partial charge in [0.1, 0.15) is 24.2 Å². The van der Waals surface area contributed by atoms with Gasteiger partial charge in [0.25, 0.3) is 0 Å². The van der Waals surface area contributed by atoms with Crippen molar-refractivity contribution in [2.45, 2.75) is 19.6 Å². The lowest BCUT2D eigenvalue weighted by molar-refractivity contribution is -0.120. The molecule has 0 aromatic heterocycles. The van der Waals surface area contributed by atoms with Crippen LogP contribution < -0.4 is 15.4 Å². The van der Waals surface area contributed by atoms with Crippen molar-refractivity contribution in [2.75, 3.05) is 25.1 Å². The minimum atomic E-state index is -0.336. The van der Waals surface area contributed by atoms with Crippen LogP contribution in [0.3, 0.4) is 0 Å². The van der Waals surface area contributed by atoms with Crippen LogP contribution in [-0.2, 0) is 16.1 Å². The van der Waals surface area contributed by atoms with Gasteiger partial charge >= 0.3 is 0 Å². The first-order chi connectivity index (χ1) is 12.1. The standard InChI is InChI=1S/C19H21FN2O3/c1-13-9-16(25-11-14-3-2-4-15(20)10-14)5-6-17(13)22-19(23)18-12-24-8-7-21-18/h2-6,9-10,18,21H,7-8,11-12H2,1H3,(H,22,23). The van der Waals surface area contributed by atoms with E-state index in [-0.39, 0.29) is 24.4 Å². The largest absolute Gasteiger partial charge is 0.489 e. The summed E-state index contributed by atoms with van der Waals surface area (Å²) in [6.07, 6.45) is 0. The number of nitrogens with one attached hydrogen (secondary N) is 2. The van der Waals surface area contributed by atoms with Crippen molar-refractivity contribution in [1.29, 1.82) is 0 Å². The molecule has 0 spiro atoms. The van der Waals surface area contributed by atoms with E-state index in [1.165, 1.54) is 12.1 Å². The predicted molar refractivity (Wildman–Crippen MR) is 93.2 cm³/mol. The van der Waals surface area contributed by atoms with Gasteiger partial charge in [0.15, 0.2) is 0 Å². The molecule has 132 valence electrons. The number of hydrogen-bond acceptors (Lipinski definition) is 4. The summed E-state index contributed by atoms with van der Waals surface area (Å²) in [6, 6.07) is 11.4. The molecule has 3 rings (SSSR count). The van der Waals surface area contributed by atoms with Crippen molar-refractivity contribution in [1.82, 2.24) is 5.32 Å². The first kappa shape index (κ1) is 17.4. The molecule has 0 saturated carbocycles. The molecule has 5 nitrogen and oxygen atoms in total. The molecule has 2 aromatic carbocycles. The summed E-state index contributed by atoms with van der Waals surface area (Å²) < 4.78 is 24.2. The van der Waals surface area contributed by atoms with Gasteiger partial charge < -0.3 is 20.1 Å². The zero-order valence-corrected chi connectivity index (χ0v) is 14.0. The van der Waals surface area contributed by atoms with Gasteiger partial charge in [-0.3, -0.25) is 4.79 Å². The second-order valence-corrected chi connectivity index (χ2v) is 5.97. The Balaban J connectivity index is 1.59. The predicted octanol–water partition coefficient (Wildman–Crippen LogP) is 2.64. The summed E-state index contributed by atoms with van der Waals surface area (Å²) >= 11 is 0. The van der Waals surface area contributed by atoms with Crippen LogP contribution in [0.25, 0.3) is 0 Å². The smallest absolute Gasteiger partial charge is 0.243 e. The SMILES string of the molecule is Cc1cc(OCc2cccc(F)c2)ccc1NC(=O)C1COCCN1. The number of carbonyl (C=O) groups excluding carboxylic acids is 1. The molecule has 25 heavy (non-hydrogen) atoms. The molecular weight excluding hydrogens is 323 g/mol. The maximum absolute atomic E-state index is 13.2. The number of morpholine rings is 1. The fraction of sp³-hybridized carbons (Fsp3) is 0.316. The summed E-state index contributed by atoms with van der Waals surface area (Å²) in [5.74, 6) is 0.269. The number of ether oxygens (including phenoxy) is 2. The average molecular weight is 344 g/mol. The van der Waals surface area contributed by atoms with Crippen LogP contribution >= 0.6 is 0 Å². The van der Waals surface area contributed by atoms with Crippen LogP contribution in [0.1, 0.15) is 11.1 Å². The summed E-state index contributed by atoms with van der Waals surface area (Å²) in [5.41, 5.74) is 2.38. The molecule has 1 atom stereocenters. The van der Waals surface area contributed by atoms with Gasteiger partial charge in [-0.1, -0.05) is 12.1 Å². The number of hydrogen-bond donors (Lipinski definition) is 2. The molecule has 1 aliphatic rings. The Morgan fingerprint density at radius 3 is 2.96 bits per heavy atom. The van der Waals surface area contributed by atoms with Gasteiger partial charge in [-0.25, -0.2) is 4.39 Å². The van der Waals surface area contributed by atoms with E-state index in [0.717, 1.165) is 16.8 Å². The Kier molecular flexibility index (Phi) is 5.63. The summed E-state index contributed by atoms with van der Waals surface area (Å²) in [6.45, 7) is 3.85. The minimum Gasteiger partial charge on any atom is -0.489 e. The number of halogens is 1. The third kappa shape index (κ3) is 4.78. The lowest BCUT2D eigenvalue weighted by atomic mass is 10.1. The Morgan fingerprint density at radius 2 is 2.24 bits per heavy atom. The highest BCUT2D eigenvalue weighted by atomic mass is 19.1. The number of carbonyl (C=O) groups is 1. The van der Waals surface area contributed by atoms with E-state index in [2.05, 4.69) is 10.6 Å². The lowest BCUT2D eigenvalue weighted by Crippen LogP contribution is -2.48. The molecule has 1 aliphatic heterocycles. The Labute approximate surface area is 146 Å². The van der Waals surface area contributed by atoms with E-state index in [4.69, 9.17) is 9.47 Å². The van der Waals surface area contributed by atoms with E-state index in [1.54, 1.807) is 18.2 Å². The fourth-order valence-corrected chi connectivity index (χ4v) is 2.61. The molecule has 2 aromatic rings. The van der Waals surface area contributed by atoms with Crippen LogP contribution in [0.4, 0.5) is 10.1 Å². The van der Waals surface area contributed by atoms with E-state index < -0.39 is 0 Å². The van der Waals surface area contributed by atoms with Gasteiger partial charge in [0.05, 0.1) is 13.2 Å². The first-order valence-corrected chi connectivity index (χ1v) is 8.22. The van der Waals surface area contributed by atoms with E-state index in [1.807, 2.05) is 19.1 Å². The zero-order chi connectivity index (χ0) is 17.6. The van der Waals surface area contributed by atoms with Crippen LogP contribution in [0.2, 0.25) is 0 Å². The minimum absolute atomic E-state index is 0.115. The third-order valence-electron chi connectivity index (χ3n) is 3.99. The zero-order valence-electron chi connectivity index (χ0n) is 14.0. The molecule has 2 N–H and O–H groups in total. The summed E-state index contributed by atoms with van der Waals surface area (Å²) in [7, 11) is 0. The molecule has 1 amide bonds. The van der Waals surface area contributed by atoms with E-state index in [0.29, 0.717) is 25.5 Å². The second-order valence-electron chi connectivity index (χ2n) is 5.97. The van der Waals surface area contributed by atoms with Crippen molar-refractivity contribution < 1.29 is 18.7 Å². The maximum Gasteiger partial charge on any atom is 0.243 e. The van der Waals surface area contributed by atoms with E-state index >= 15 is 0 Å². The molecule has 6 heteroatoms. The van der Waals surface area contributed by atoms with Crippen molar-refractivity contribution >= 4 is 11.6 Å². The van der Waals surface area contributed by atoms with Crippen molar-refractivity contribution in [2.24, 2.45) is 0 Å². The maximum atomic E-state index is 13.2. The number of aryl methyl sites for hydroxylation is 1. The lowest BCUT2D eigenvalue weighted by Gasteiger charge is -2.23. The highest BCUT2D eigenvalue weighted by molar-refractivity contribution is 5.95. The quantitative estimate of drug-likeness (QED) is 0.875. The summed E-state index contributed by atoms with van der Waals surface area (Å²) in [4.78, 5) is 12.2. The average Bonchev–Trinajstić information content (AvgIpc) is 2.63. The normalized spacial score (nSPS) is 17.1. The van der Waals surface area contributed by atoms with Crippen LogP contribution in [0.15, 0.2) is 42.5 Å². The Bertz CT molecular complexity index is 745. The third-order valence-corrected chi connectivity index (χ3v) is 3.99. The molecule has 0 bridgehead atoms. The Hall–Kier alpha value is -2.44. The molecule has 1 saturated heterocycles. The van der Waals surface area contributed by atoms with Gasteiger partial charge in [0.2, 0.25) is 5.91 Å². The van der Waals surface area contributed by atoms with Gasteiger partial charge in [-0.05, 0) is 48.4 Å². The van der Waals surface area contributed by atoms with Crippen molar-refractivity contribution in [3.63, 3.8) is 0 Å². The van der Waals surface area contributed by atoms with Crippen LogP contribution in [0.5, 0.6) is 5.75 Å². The molecular formula is C19H21FN2O3. The topological polar surface area (TPSA) is 59.6 Å². The van der Waals surface area contributed by atoms with Crippen LogP contribution in [-0.4, -0.2) is 31.7 Å². The molecule has 1 unspecified atom stereocenters. The van der Waals surface area contributed by atoms with Gasteiger partial charge in [-0.15, -0.1) is 0 Å². The van der Waals surface area contributed by atoms with Crippen LogP contribution in [0, 0.1) is 12.7 Å². The van der Waals surface area contributed by atoms with E-state index in [9.17, 15) is 9.18 Å². The van der Waals surface area contributed by atoms with Crippen molar-refractivity contribution in [3.8, 4) is 5.75 Å². The number of anilines is 1. The van der Waals surface area contributed by atoms with Gasteiger partial charge in [-0.2, -0.15) is 0 Å². The summed E-state index contributed by atoms with van der Waals surface area (Å²) in [5, 5.41) is 6.02. The fourth-order valence-electron chi connectivity index (χ4n) is 2.61. The molecule has 0 aliphatic carbocycles. The molecule has 1 fully saturated rings. The highest BCUT2D eigenvalue weighted by Crippen LogP contribution is 2.22. The van der Waals surface area contributed by atoms with Crippen molar-refractivity contribution in [3.05, 3.63) is 59.4 Å². The molecule has 1 heterocycles.